The lowest BCUT2D eigenvalue weighted by molar-refractivity contribution is -0.385. The van der Waals surface area contributed by atoms with Gasteiger partial charge >= 0.3 is 0 Å². The van der Waals surface area contributed by atoms with Crippen molar-refractivity contribution in [1.29, 1.82) is 0 Å². The summed E-state index contributed by atoms with van der Waals surface area (Å²) in [6.45, 7) is 1.67. The molecule has 0 aliphatic heterocycles. The van der Waals surface area contributed by atoms with Crippen molar-refractivity contribution in [3.05, 3.63) is 51.7 Å². The number of rotatable bonds is 3. The van der Waals surface area contributed by atoms with E-state index in [1.165, 1.54) is 23.7 Å². The Bertz CT molecular complexity index is 800. The number of hydrogen-bond acceptors (Lipinski definition) is 6. The second-order valence-electron chi connectivity index (χ2n) is 4.12. The number of thiophene rings is 1. The molecule has 2 heterocycles. The Labute approximate surface area is 117 Å². The van der Waals surface area contributed by atoms with Gasteiger partial charge in [0.1, 0.15) is 16.8 Å². The Balaban J connectivity index is 1.97. The largest absolute Gasteiger partial charge is 0.437 e. The molecule has 0 amide bonds. The highest BCUT2D eigenvalue weighted by Gasteiger charge is 2.12. The number of aryl methyl sites for hydroxylation is 1. The van der Waals surface area contributed by atoms with Gasteiger partial charge in [0, 0.05) is 11.6 Å². The Morgan fingerprint density at radius 3 is 2.90 bits per heavy atom. The Hall–Kier alpha value is -2.54. The van der Waals surface area contributed by atoms with E-state index in [1.807, 2.05) is 11.4 Å². The fraction of sp³-hybridized carbons (Fsp3) is 0.0769. The summed E-state index contributed by atoms with van der Waals surface area (Å²) in [6, 6.07) is 6.50. The summed E-state index contributed by atoms with van der Waals surface area (Å²) in [5, 5.41) is 12.7. The van der Waals surface area contributed by atoms with Crippen molar-refractivity contribution in [2.75, 3.05) is 0 Å². The van der Waals surface area contributed by atoms with Crippen molar-refractivity contribution >= 4 is 27.2 Å². The van der Waals surface area contributed by atoms with Gasteiger partial charge in [-0.05, 0) is 30.5 Å². The van der Waals surface area contributed by atoms with Crippen LogP contribution < -0.4 is 4.74 Å². The monoisotopic (exact) mass is 287 g/mol. The van der Waals surface area contributed by atoms with Gasteiger partial charge in [-0.15, -0.1) is 11.3 Å². The van der Waals surface area contributed by atoms with Crippen LogP contribution in [0.25, 0.3) is 10.2 Å². The number of ether oxygens (including phenoxy) is 1. The molecule has 0 atom stereocenters. The van der Waals surface area contributed by atoms with E-state index in [9.17, 15) is 10.1 Å². The fourth-order valence-corrected chi connectivity index (χ4v) is 2.62. The molecule has 7 heteroatoms. The van der Waals surface area contributed by atoms with Crippen LogP contribution in [0.4, 0.5) is 5.69 Å². The zero-order valence-corrected chi connectivity index (χ0v) is 11.3. The first-order chi connectivity index (χ1) is 9.65. The van der Waals surface area contributed by atoms with Crippen LogP contribution in [0.3, 0.4) is 0 Å². The van der Waals surface area contributed by atoms with Crippen LogP contribution in [-0.4, -0.2) is 14.9 Å². The van der Waals surface area contributed by atoms with Crippen LogP contribution in [0.5, 0.6) is 11.6 Å². The average molecular weight is 287 g/mol. The quantitative estimate of drug-likeness (QED) is 0.542. The van der Waals surface area contributed by atoms with Crippen LogP contribution in [0, 0.1) is 17.0 Å². The Morgan fingerprint density at radius 1 is 1.30 bits per heavy atom. The molecule has 3 rings (SSSR count). The van der Waals surface area contributed by atoms with Gasteiger partial charge in [-0.1, -0.05) is 0 Å². The summed E-state index contributed by atoms with van der Waals surface area (Å²) in [5.74, 6) is 0.972. The van der Waals surface area contributed by atoms with Crippen molar-refractivity contribution in [3.8, 4) is 11.6 Å². The number of nitro benzene ring substituents is 1. The zero-order chi connectivity index (χ0) is 14.1. The van der Waals surface area contributed by atoms with Gasteiger partial charge in [-0.25, -0.2) is 9.97 Å². The van der Waals surface area contributed by atoms with Crippen molar-refractivity contribution in [2.24, 2.45) is 0 Å². The number of hydrogen-bond donors (Lipinski definition) is 0. The highest BCUT2D eigenvalue weighted by atomic mass is 32.1. The summed E-state index contributed by atoms with van der Waals surface area (Å²) in [7, 11) is 0. The lowest BCUT2D eigenvalue weighted by Crippen LogP contribution is -1.93. The van der Waals surface area contributed by atoms with Gasteiger partial charge in [0.2, 0.25) is 5.88 Å². The maximum Gasteiger partial charge on any atom is 0.272 e. The van der Waals surface area contributed by atoms with Gasteiger partial charge in [0.05, 0.1) is 10.4 Å². The van der Waals surface area contributed by atoms with E-state index in [4.69, 9.17) is 4.74 Å². The van der Waals surface area contributed by atoms with Crippen molar-refractivity contribution in [3.63, 3.8) is 0 Å². The first-order valence-corrected chi connectivity index (χ1v) is 6.64. The molecule has 0 fully saturated rings. The predicted molar refractivity (Wildman–Crippen MR) is 75.3 cm³/mol. The first kappa shape index (κ1) is 12.5. The number of benzene rings is 1. The second-order valence-corrected chi connectivity index (χ2v) is 5.04. The lowest BCUT2D eigenvalue weighted by Gasteiger charge is -2.06. The average Bonchev–Trinajstić information content (AvgIpc) is 2.87. The molecule has 0 N–H and O–H groups in total. The zero-order valence-electron chi connectivity index (χ0n) is 10.4. The molecular formula is C13H9N3O3S. The minimum Gasteiger partial charge on any atom is -0.437 e. The fourth-order valence-electron chi connectivity index (χ4n) is 1.85. The maximum absolute atomic E-state index is 10.8. The number of fused-ring (bicyclic) bond motifs is 1. The molecule has 1 aromatic carbocycles. The van der Waals surface area contributed by atoms with Crippen molar-refractivity contribution < 1.29 is 9.66 Å². The van der Waals surface area contributed by atoms with Gasteiger partial charge in [-0.2, -0.15) is 0 Å². The molecule has 0 unspecified atom stereocenters. The molecular weight excluding hydrogens is 278 g/mol. The van der Waals surface area contributed by atoms with Crippen LogP contribution >= 0.6 is 11.3 Å². The lowest BCUT2D eigenvalue weighted by atomic mass is 10.2. The normalized spacial score (nSPS) is 10.7. The smallest absolute Gasteiger partial charge is 0.272 e. The third-order valence-corrected chi connectivity index (χ3v) is 3.68. The second kappa shape index (κ2) is 4.86. The molecule has 0 spiro atoms. The molecule has 6 nitrogen and oxygen atoms in total. The molecule has 0 radical (unpaired) electrons. The van der Waals surface area contributed by atoms with Crippen LogP contribution in [0.2, 0.25) is 0 Å². The molecule has 2 aromatic heterocycles. The van der Waals surface area contributed by atoms with E-state index in [-0.39, 0.29) is 5.69 Å². The van der Waals surface area contributed by atoms with E-state index in [1.54, 1.807) is 19.1 Å². The van der Waals surface area contributed by atoms with Gasteiger partial charge in [0.25, 0.3) is 5.69 Å². The molecule has 0 bridgehead atoms. The number of aromatic nitrogens is 2. The van der Waals surface area contributed by atoms with Crippen LogP contribution in [0.1, 0.15) is 5.56 Å². The van der Waals surface area contributed by atoms with E-state index in [0.717, 1.165) is 10.2 Å². The highest BCUT2D eigenvalue weighted by molar-refractivity contribution is 7.17. The van der Waals surface area contributed by atoms with Gasteiger partial charge in [0.15, 0.2) is 0 Å². The van der Waals surface area contributed by atoms with E-state index < -0.39 is 4.92 Å². The summed E-state index contributed by atoms with van der Waals surface area (Å²) < 4.78 is 6.55. The standard InChI is InChI=1S/C13H9N3O3S/c1-8-6-9(2-3-11(8)16(17)18)19-13-12-10(4-5-20-12)14-7-15-13/h2-7H,1H3. The number of nitrogens with zero attached hydrogens (tertiary/aromatic N) is 3. The molecule has 0 saturated heterocycles. The third-order valence-electron chi connectivity index (χ3n) is 2.79. The van der Waals surface area contributed by atoms with Crippen LogP contribution in [-0.2, 0) is 0 Å². The Morgan fingerprint density at radius 2 is 2.15 bits per heavy atom. The molecule has 100 valence electrons. The van der Waals surface area contributed by atoms with Crippen LogP contribution in [0.15, 0.2) is 36.0 Å². The predicted octanol–water partition coefficient (Wildman–Crippen LogP) is 3.70. The minimum absolute atomic E-state index is 0.0707. The highest BCUT2D eigenvalue weighted by Crippen LogP contribution is 2.32. The van der Waals surface area contributed by atoms with Gasteiger partial charge < -0.3 is 4.74 Å². The SMILES string of the molecule is Cc1cc(Oc2ncnc3ccsc23)ccc1[N+](=O)[O-]. The minimum atomic E-state index is -0.415. The van der Waals surface area contributed by atoms with Crippen molar-refractivity contribution in [1.82, 2.24) is 9.97 Å². The number of nitro groups is 1. The molecule has 0 aliphatic carbocycles. The van der Waals surface area contributed by atoms with E-state index in [2.05, 4.69) is 9.97 Å². The topological polar surface area (TPSA) is 78.2 Å². The molecule has 0 aliphatic rings. The van der Waals surface area contributed by atoms with Gasteiger partial charge in [-0.3, -0.25) is 10.1 Å². The third kappa shape index (κ3) is 2.19. The summed E-state index contributed by atoms with van der Waals surface area (Å²) in [4.78, 5) is 18.6. The molecule has 20 heavy (non-hydrogen) atoms. The summed E-state index contributed by atoms with van der Waals surface area (Å²) >= 11 is 1.49. The first-order valence-electron chi connectivity index (χ1n) is 5.76. The maximum atomic E-state index is 10.8. The molecule has 0 saturated carbocycles. The Kier molecular flexibility index (Phi) is 3.03. The summed E-state index contributed by atoms with van der Waals surface area (Å²) in [6.07, 6.45) is 1.43. The summed E-state index contributed by atoms with van der Waals surface area (Å²) in [5.41, 5.74) is 1.43. The molecule has 3 aromatic rings. The van der Waals surface area contributed by atoms with E-state index >= 15 is 0 Å². The van der Waals surface area contributed by atoms with Crippen molar-refractivity contribution in [2.45, 2.75) is 6.92 Å². The van der Waals surface area contributed by atoms with E-state index in [0.29, 0.717) is 17.2 Å².